The second-order valence-corrected chi connectivity index (χ2v) is 7.28. The quantitative estimate of drug-likeness (QED) is 0.856. The minimum absolute atomic E-state index is 0.621. The molecule has 2 heteroatoms. The second-order valence-electron chi connectivity index (χ2n) is 7.28. The largest absolute Gasteiger partial charge is 0.313 e. The maximum absolute atomic E-state index is 3.63. The van der Waals surface area contributed by atoms with Gasteiger partial charge in [-0.05, 0) is 61.7 Å². The number of rotatable bonds is 6. The van der Waals surface area contributed by atoms with Gasteiger partial charge in [0.05, 0.1) is 0 Å². The molecule has 2 nitrogen and oxygen atoms in total. The Hall–Kier alpha value is -0.860. The minimum atomic E-state index is 0.621. The number of benzene rings is 1. The summed E-state index contributed by atoms with van der Waals surface area (Å²) in [5.41, 5.74) is 2.94. The first kappa shape index (κ1) is 15.1. The molecule has 0 radical (unpaired) electrons. The zero-order chi connectivity index (χ0) is 14.7. The molecule has 1 N–H and O–H groups in total. The summed E-state index contributed by atoms with van der Waals surface area (Å²) in [5.74, 6) is 1.54. The number of hydrogen-bond acceptors (Lipinski definition) is 2. The van der Waals surface area contributed by atoms with Crippen LogP contribution >= 0.6 is 0 Å². The molecule has 2 aliphatic rings. The molecule has 116 valence electrons. The summed E-state index contributed by atoms with van der Waals surface area (Å²) < 4.78 is 0. The summed E-state index contributed by atoms with van der Waals surface area (Å²) >= 11 is 0. The van der Waals surface area contributed by atoms with Crippen LogP contribution in [0.2, 0.25) is 0 Å². The highest BCUT2D eigenvalue weighted by Crippen LogP contribution is 2.22. The van der Waals surface area contributed by atoms with Crippen LogP contribution in [0.25, 0.3) is 0 Å². The van der Waals surface area contributed by atoms with Gasteiger partial charge in [0.25, 0.3) is 0 Å². The first-order valence-corrected chi connectivity index (χ1v) is 8.75. The smallest absolute Gasteiger partial charge is 0.0233 e. The van der Waals surface area contributed by atoms with Gasteiger partial charge in [-0.25, -0.2) is 0 Å². The van der Waals surface area contributed by atoms with Crippen LogP contribution in [-0.4, -0.2) is 30.6 Å². The fourth-order valence-corrected chi connectivity index (χ4v) is 3.18. The van der Waals surface area contributed by atoms with E-state index in [-0.39, 0.29) is 0 Å². The molecule has 1 heterocycles. The number of nitrogens with one attached hydrogen (secondary N) is 1. The average Bonchev–Trinajstić information content (AvgIpc) is 3.32. The van der Waals surface area contributed by atoms with Gasteiger partial charge in [-0.2, -0.15) is 0 Å². The van der Waals surface area contributed by atoms with Crippen molar-refractivity contribution in [3.8, 4) is 0 Å². The molecule has 0 amide bonds. The lowest BCUT2D eigenvalue weighted by Crippen LogP contribution is -2.32. The lowest BCUT2D eigenvalue weighted by Gasteiger charge is -2.30. The Kier molecular flexibility index (Phi) is 4.97. The van der Waals surface area contributed by atoms with Crippen molar-refractivity contribution in [3.05, 3.63) is 35.4 Å². The molecule has 1 saturated carbocycles. The topological polar surface area (TPSA) is 15.3 Å². The van der Waals surface area contributed by atoms with Crippen molar-refractivity contribution < 1.29 is 0 Å². The third-order valence-corrected chi connectivity index (χ3v) is 5.12. The summed E-state index contributed by atoms with van der Waals surface area (Å²) in [6.07, 6.45) is 5.48. The van der Waals surface area contributed by atoms with E-state index < -0.39 is 0 Å². The molecule has 1 aliphatic heterocycles. The van der Waals surface area contributed by atoms with E-state index in [0.29, 0.717) is 5.92 Å². The van der Waals surface area contributed by atoms with Crippen molar-refractivity contribution in [2.24, 2.45) is 5.92 Å². The number of likely N-dealkylation sites (tertiary alicyclic amines) is 1. The lowest BCUT2D eigenvalue weighted by molar-refractivity contribution is 0.185. The van der Waals surface area contributed by atoms with Crippen molar-refractivity contribution >= 4 is 0 Å². The van der Waals surface area contributed by atoms with Crippen molar-refractivity contribution in [2.75, 3.05) is 19.6 Å². The highest BCUT2D eigenvalue weighted by molar-refractivity contribution is 5.25. The van der Waals surface area contributed by atoms with Gasteiger partial charge in [-0.1, -0.05) is 38.1 Å². The molecular weight excluding hydrogens is 256 g/mol. The van der Waals surface area contributed by atoms with Gasteiger partial charge >= 0.3 is 0 Å². The third-order valence-electron chi connectivity index (χ3n) is 5.12. The predicted octanol–water partition coefficient (Wildman–Crippen LogP) is 3.77. The van der Waals surface area contributed by atoms with E-state index in [9.17, 15) is 0 Å². The maximum atomic E-state index is 3.63. The lowest BCUT2D eigenvalue weighted by atomic mass is 9.97. The molecule has 2 fully saturated rings. The Bertz CT molecular complexity index is 427. The predicted molar refractivity (Wildman–Crippen MR) is 89.6 cm³/mol. The van der Waals surface area contributed by atoms with Crippen LogP contribution in [0.1, 0.15) is 56.6 Å². The highest BCUT2D eigenvalue weighted by atomic mass is 15.1. The van der Waals surface area contributed by atoms with Crippen LogP contribution in [0.15, 0.2) is 24.3 Å². The van der Waals surface area contributed by atoms with Gasteiger partial charge < -0.3 is 5.32 Å². The first-order valence-electron chi connectivity index (χ1n) is 8.75. The molecule has 0 bridgehead atoms. The van der Waals surface area contributed by atoms with Crippen LogP contribution in [-0.2, 0) is 6.54 Å². The molecule has 21 heavy (non-hydrogen) atoms. The van der Waals surface area contributed by atoms with Crippen LogP contribution in [0.3, 0.4) is 0 Å². The molecule has 0 aromatic heterocycles. The normalized spacial score (nSPS) is 22.4. The summed E-state index contributed by atoms with van der Waals surface area (Å²) in [6, 6.07) is 10.2. The van der Waals surface area contributed by atoms with Gasteiger partial charge in [-0.3, -0.25) is 4.90 Å². The zero-order valence-corrected chi connectivity index (χ0v) is 13.6. The van der Waals surface area contributed by atoms with Gasteiger partial charge in [0.2, 0.25) is 0 Å². The Morgan fingerprint density at radius 3 is 2.38 bits per heavy atom. The molecular formula is C19H30N2. The molecule has 1 atom stereocenters. The highest BCUT2D eigenvalue weighted by Gasteiger charge is 2.21. The van der Waals surface area contributed by atoms with E-state index in [2.05, 4.69) is 48.3 Å². The Morgan fingerprint density at radius 2 is 1.76 bits per heavy atom. The number of piperidine rings is 1. The van der Waals surface area contributed by atoms with Crippen LogP contribution < -0.4 is 5.32 Å². The van der Waals surface area contributed by atoms with E-state index in [1.54, 1.807) is 0 Å². The zero-order valence-electron chi connectivity index (χ0n) is 13.6. The number of hydrogen-bond donors (Lipinski definition) is 1. The SMILES string of the molecule is CC1CCN(Cc2ccc(C(C)CNC3CC3)cc2)CC1. The summed E-state index contributed by atoms with van der Waals surface area (Å²) in [6.45, 7) is 9.49. The van der Waals surface area contributed by atoms with Gasteiger partial charge in [0.1, 0.15) is 0 Å². The molecule has 3 rings (SSSR count). The minimum Gasteiger partial charge on any atom is -0.313 e. The third kappa shape index (κ3) is 4.55. The molecule has 1 aromatic carbocycles. The monoisotopic (exact) mass is 286 g/mol. The standard InChI is InChI=1S/C19H30N2/c1-15-9-11-21(12-10-15)14-17-3-5-18(6-4-17)16(2)13-20-19-7-8-19/h3-6,15-16,19-20H,7-14H2,1-2H3. The fourth-order valence-electron chi connectivity index (χ4n) is 3.18. The first-order chi connectivity index (χ1) is 10.2. The van der Waals surface area contributed by atoms with Crippen LogP contribution in [0, 0.1) is 5.92 Å². The maximum Gasteiger partial charge on any atom is 0.0233 e. The van der Waals surface area contributed by atoms with E-state index in [4.69, 9.17) is 0 Å². The second kappa shape index (κ2) is 6.93. The Morgan fingerprint density at radius 1 is 1.10 bits per heavy atom. The van der Waals surface area contributed by atoms with Crippen molar-refractivity contribution in [2.45, 2.75) is 58.0 Å². The van der Waals surface area contributed by atoms with Crippen molar-refractivity contribution in [1.29, 1.82) is 0 Å². The van der Waals surface area contributed by atoms with E-state index in [0.717, 1.165) is 25.0 Å². The van der Waals surface area contributed by atoms with Crippen molar-refractivity contribution in [3.63, 3.8) is 0 Å². The van der Waals surface area contributed by atoms with Gasteiger partial charge in [0.15, 0.2) is 0 Å². The summed E-state index contributed by atoms with van der Waals surface area (Å²) in [5, 5.41) is 3.63. The molecule has 1 unspecified atom stereocenters. The van der Waals surface area contributed by atoms with Gasteiger partial charge in [-0.15, -0.1) is 0 Å². The Balaban J connectivity index is 1.48. The van der Waals surface area contributed by atoms with Crippen molar-refractivity contribution in [1.82, 2.24) is 10.2 Å². The average molecular weight is 286 g/mol. The Labute approximate surface area is 129 Å². The summed E-state index contributed by atoms with van der Waals surface area (Å²) in [7, 11) is 0. The molecule has 1 aliphatic carbocycles. The molecule has 1 saturated heterocycles. The van der Waals surface area contributed by atoms with Crippen LogP contribution in [0.4, 0.5) is 0 Å². The fraction of sp³-hybridized carbons (Fsp3) is 0.684. The van der Waals surface area contributed by atoms with E-state index >= 15 is 0 Å². The van der Waals surface area contributed by atoms with Gasteiger partial charge in [0, 0.05) is 19.1 Å². The van der Waals surface area contributed by atoms with E-state index in [1.165, 1.54) is 49.9 Å². The van der Waals surface area contributed by atoms with E-state index in [1.807, 2.05) is 0 Å². The number of nitrogens with zero attached hydrogens (tertiary/aromatic N) is 1. The van der Waals surface area contributed by atoms with Crippen LogP contribution in [0.5, 0.6) is 0 Å². The molecule has 1 aromatic rings. The molecule has 0 spiro atoms. The summed E-state index contributed by atoms with van der Waals surface area (Å²) in [4.78, 5) is 2.60.